The van der Waals surface area contributed by atoms with E-state index >= 15 is 0 Å². The highest BCUT2D eigenvalue weighted by Crippen LogP contribution is 2.23. The maximum Gasteiger partial charge on any atom is 0.137 e. The van der Waals surface area contributed by atoms with Crippen LogP contribution in [0.25, 0.3) is 5.69 Å². The zero-order chi connectivity index (χ0) is 14.8. The number of hydrazine groups is 1. The lowest BCUT2D eigenvalue weighted by atomic mass is 9.91. The Morgan fingerprint density at radius 1 is 1.19 bits per heavy atom. The largest absolute Gasteiger partial charge is 0.284 e. The number of hydrogen-bond acceptors (Lipinski definition) is 4. The third-order valence-electron chi connectivity index (χ3n) is 4.25. The fourth-order valence-corrected chi connectivity index (χ4v) is 3.21. The molecule has 2 aromatic rings. The molecule has 0 aliphatic carbocycles. The molecule has 0 bridgehead atoms. The summed E-state index contributed by atoms with van der Waals surface area (Å²) in [6, 6.07) is 8.71. The third-order valence-corrected chi connectivity index (χ3v) is 4.57. The van der Waals surface area contributed by atoms with Crippen molar-refractivity contribution in [3.63, 3.8) is 0 Å². The smallest absolute Gasteiger partial charge is 0.137 e. The van der Waals surface area contributed by atoms with Crippen molar-refractivity contribution in [2.75, 3.05) is 0 Å². The summed E-state index contributed by atoms with van der Waals surface area (Å²) < 4.78 is 1.98. The lowest BCUT2D eigenvalue weighted by Crippen LogP contribution is -2.30. The van der Waals surface area contributed by atoms with Gasteiger partial charge in [-0.2, -0.15) is 0 Å². The van der Waals surface area contributed by atoms with Gasteiger partial charge in [-0.05, 0) is 38.3 Å². The van der Waals surface area contributed by atoms with Crippen molar-refractivity contribution in [3.05, 3.63) is 41.4 Å². The van der Waals surface area contributed by atoms with E-state index in [2.05, 4.69) is 34.9 Å². The van der Waals surface area contributed by atoms with Gasteiger partial charge < -0.3 is 0 Å². The molecule has 0 radical (unpaired) electrons. The molecule has 2 heterocycles. The number of aromatic nitrogens is 3. The van der Waals surface area contributed by atoms with E-state index in [1.165, 1.54) is 0 Å². The molecular weight excluding hydrogens is 286 g/mol. The van der Waals surface area contributed by atoms with Crippen LogP contribution in [0.5, 0.6) is 0 Å². The first kappa shape index (κ1) is 14.5. The maximum absolute atomic E-state index is 6.26. The highest BCUT2D eigenvalue weighted by Gasteiger charge is 2.29. The molecule has 0 amide bonds. The van der Waals surface area contributed by atoms with Gasteiger partial charge in [-0.3, -0.25) is 15.4 Å². The predicted octanol–water partition coefficient (Wildman–Crippen LogP) is 2.35. The summed E-state index contributed by atoms with van der Waals surface area (Å²) in [5.74, 6) is 1.54. The number of rotatable bonds is 4. The first-order valence-corrected chi connectivity index (χ1v) is 7.69. The minimum atomic E-state index is 0.469. The molecule has 3 rings (SSSR count). The molecular formula is C15H20ClN5. The summed E-state index contributed by atoms with van der Waals surface area (Å²) in [7, 11) is 0. The van der Waals surface area contributed by atoms with Crippen molar-refractivity contribution in [2.24, 2.45) is 5.92 Å². The summed E-state index contributed by atoms with van der Waals surface area (Å²) >= 11 is 6.26. The van der Waals surface area contributed by atoms with Crippen LogP contribution in [0.4, 0.5) is 0 Å². The van der Waals surface area contributed by atoms with E-state index in [4.69, 9.17) is 11.6 Å². The normalized spacial score (nSPS) is 25.4. The molecule has 2 N–H and O–H groups in total. The van der Waals surface area contributed by atoms with E-state index in [1.807, 2.05) is 28.8 Å². The second kappa shape index (κ2) is 6.13. The van der Waals surface area contributed by atoms with Crippen molar-refractivity contribution >= 4 is 11.6 Å². The second-order valence-corrected chi connectivity index (χ2v) is 6.04. The average molecular weight is 306 g/mol. The van der Waals surface area contributed by atoms with Crippen LogP contribution < -0.4 is 10.9 Å². The van der Waals surface area contributed by atoms with E-state index in [0.29, 0.717) is 23.0 Å². The standard InChI is InChI=1S/C15H20ClN5/c1-10-12(11(2)19-18-10)7-8-15-20-17-9-21(15)14-6-4-3-5-13(14)16/h3-6,9-12,18-19H,7-8H2,1-2H3. The van der Waals surface area contributed by atoms with Crippen LogP contribution in [0, 0.1) is 5.92 Å². The van der Waals surface area contributed by atoms with Gasteiger partial charge in [-0.15, -0.1) is 10.2 Å². The van der Waals surface area contributed by atoms with Crippen LogP contribution in [0.15, 0.2) is 30.6 Å². The molecule has 1 aliphatic rings. The first-order chi connectivity index (χ1) is 10.2. The van der Waals surface area contributed by atoms with Crippen molar-refractivity contribution in [1.82, 2.24) is 25.6 Å². The van der Waals surface area contributed by atoms with Gasteiger partial charge in [-0.1, -0.05) is 23.7 Å². The van der Waals surface area contributed by atoms with E-state index < -0.39 is 0 Å². The van der Waals surface area contributed by atoms with Crippen molar-refractivity contribution in [1.29, 1.82) is 0 Å². The maximum atomic E-state index is 6.26. The van der Waals surface area contributed by atoms with Crippen LogP contribution >= 0.6 is 11.6 Å². The van der Waals surface area contributed by atoms with Crippen LogP contribution in [0.3, 0.4) is 0 Å². The number of halogens is 1. The molecule has 1 aromatic carbocycles. The minimum absolute atomic E-state index is 0.469. The molecule has 6 heteroatoms. The molecule has 0 saturated carbocycles. The quantitative estimate of drug-likeness (QED) is 0.910. The average Bonchev–Trinajstić information content (AvgIpc) is 3.05. The van der Waals surface area contributed by atoms with Gasteiger partial charge in [0.15, 0.2) is 0 Å². The Balaban J connectivity index is 1.76. The third kappa shape index (κ3) is 2.95. The molecule has 1 saturated heterocycles. The Labute approximate surface area is 129 Å². The van der Waals surface area contributed by atoms with E-state index in [9.17, 15) is 0 Å². The second-order valence-electron chi connectivity index (χ2n) is 5.64. The SMILES string of the molecule is CC1NNC(C)C1CCc1nncn1-c1ccccc1Cl. The monoisotopic (exact) mass is 305 g/mol. The Morgan fingerprint density at radius 2 is 1.90 bits per heavy atom. The topological polar surface area (TPSA) is 54.8 Å². The summed E-state index contributed by atoms with van der Waals surface area (Å²) in [5.41, 5.74) is 7.52. The molecule has 21 heavy (non-hydrogen) atoms. The highest BCUT2D eigenvalue weighted by molar-refractivity contribution is 6.32. The summed E-state index contributed by atoms with van der Waals surface area (Å²) in [6.07, 6.45) is 3.67. The van der Waals surface area contributed by atoms with Crippen LogP contribution in [0.1, 0.15) is 26.1 Å². The van der Waals surface area contributed by atoms with Crippen LogP contribution in [-0.2, 0) is 6.42 Å². The van der Waals surface area contributed by atoms with E-state index in [1.54, 1.807) is 6.33 Å². The molecule has 1 fully saturated rings. The van der Waals surface area contributed by atoms with Gasteiger partial charge in [0.2, 0.25) is 0 Å². The van der Waals surface area contributed by atoms with E-state index in [0.717, 1.165) is 24.4 Å². The van der Waals surface area contributed by atoms with Gasteiger partial charge in [0.05, 0.1) is 10.7 Å². The lowest BCUT2D eigenvalue weighted by molar-refractivity contribution is 0.409. The van der Waals surface area contributed by atoms with E-state index in [-0.39, 0.29) is 0 Å². The molecule has 1 aliphatic heterocycles. The summed E-state index contributed by atoms with van der Waals surface area (Å²) in [6.45, 7) is 4.42. The van der Waals surface area contributed by atoms with Gasteiger partial charge in [0.25, 0.3) is 0 Å². The molecule has 2 unspecified atom stereocenters. The van der Waals surface area contributed by atoms with Crippen LogP contribution in [0.2, 0.25) is 5.02 Å². The molecule has 0 spiro atoms. The van der Waals surface area contributed by atoms with Gasteiger partial charge in [0.1, 0.15) is 12.2 Å². The first-order valence-electron chi connectivity index (χ1n) is 7.31. The number of para-hydroxylation sites is 1. The Kier molecular flexibility index (Phi) is 4.24. The Hall–Kier alpha value is -1.43. The number of benzene rings is 1. The number of nitrogens with one attached hydrogen (secondary N) is 2. The van der Waals surface area contributed by atoms with Gasteiger partial charge in [0, 0.05) is 18.5 Å². The predicted molar refractivity (Wildman–Crippen MR) is 83.4 cm³/mol. The summed E-state index contributed by atoms with van der Waals surface area (Å²) in [4.78, 5) is 0. The highest BCUT2D eigenvalue weighted by atomic mass is 35.5. The Bertz CT molecular complexity index is 602. The van der Waals surface area contributed by atoms with Crippen molar-refractivity contribution < 1.29 is 0 Å². The van der Waals surface area contributed by atoms with Crippen molar-refractivity contribution in [3.8, 4) is 5.69 Å². The number of aryl methyl sites for hydroxylation is 1. The molecule has 2 atom stereocenters. The lowest BCUT2D eigenvalue weighted by Gasteiger charge is -2.17. The fourth-order valence-electron chi connectivity index (χ4n) is 2.98. The number of nitrogens with zero attached hydrogens (tertiary/aromatic N) is 3. The fraction of sp³-hybridized carbons (Fsp3) is 0.467. The molecule has 112 valence electrons. The van der Waals surface area contributed by atoms with Crippen LogP contribution in [-0.4, -0.2) is 26.8 Å². The van der Waals surface area contributed by atoms with Gasteiger partial charge in [-0.25, -0.2) is 0 Å². The Morgan fingerprint density at radius 3 is 2.62 bits per heavy atom. The van der Waals surface area contributed by atoms with Gasteiger partial charge >= 0.3 is 0 Å². The minimum Gasteiger partial charge on any atom is -0.284 e. The summed E-state index contributed by atoms with van der Waals surface area (Å²) in [5, 5.41) is 9.02. The number of hydrogen-bond donors (Lipinski definition) is 2. The molecule has 1 aromatic heterocycles. The van der Waals surface area contributed by atoms with Crippen molar-refractivity contribution in [2.45, 2.75) is 38.8 Å². The molecule has 5 nitrogen and oxygen atoms in total. The zero-order valence-corrected chi connectivity index (χ0v) is 13.0. The zero-order valence-electron chi connectivity index (χ0n) is 12.3.